The van der Waals surface area contributed by atoms with Crippen molar-refractivity contribution in [3.8, 4) is 0 Å². The minimum absolute atomic E-state index is 0. The molecule has 0 amide bonds. The Balaban J connectivity index is 0.00000441. The van der Waals surface area contributed by atoms with Crippen LogP contribution in [-0.4, -0.2) is 159 Å². The van der Waals surface area contributed by atoms with Crippen LogP contribution in [0.25, 0.3) is 0 Å². The Bertz CT molecular complexity index is 933. The van der Waals surface area contributed by atoms with Crippen LogP contribution < -0.4 is 27.4 Å². The van der Waals surface area contributed by atoms with Crippen LogP contribution in [0, 0.1) is 10.8 Å². The fourth-order valence-corrected chi connectivity index (χ4v) is 5.18. The van der Waals surface area contributed by atoms with Gasteiger partial charge in [-0.3, -0.25) is 15.6 Å². The highest BCUT2D eigenvalue weighted by Crippen LogP contribution is 2.37. The number of aliphatic hydroxyl groups is 7. The quantitative estimate of drug-likeness (QED) is 0.0624. The third-order valence-electron chi connectivity index (χ3n) is 7.46. The van der Waals surface area contributed by atoms with E-state index < -0.39 is 110 Å². The predicted molar refractivity (Wildman–Crippen MR) is 146 cm³/mol. The van der Waals surface area contributed by atoms with Gasteiger partial charge in [0.2, 0.25) is 0 Å². The normalized spacial score (nSPS) is 45.2. The third kappa shape index (κ3) is 7.33. The number of hydrogen-bond donors (Lipinski definition) is 14. The Morgan fingerprint density at radius 2 is 1.43 bits per heavy atom. The number of likely N-dealkylation sites (N-methyl/N-ethyl adjacent to an activating group) is 1. The van der Waals surface area contributed by atoms with Crippen LogP contribution in [-0.2, 0) is 23.7 Å². The maximum Gasteiger partial charge on any atom is 0.188 e. The van der Waals surface area contributed by atoms with E-state index in [4.69, 9.17) is 41.2 Å². The number of carbonyl (C=O) groups is 1. The van der Waals surface area contributed by atoms with E-state index in [9.17, 15) is 40.5 Å². The molecule has 42 heavy (non-hydrogen) atoms. The van der Waals surface area contributed by atoms with Crippen molar-refractivity contribution in [3.63, 3.8) is 0 Å². The number of aldehydes is 1. The molecule has 1 aliphatic carbocycles. The van der Waals surface area contributed by atoms with E-state index >= 15 is 0 Å². The lowest BCUT2D eigenvalue weighted by Gasteiger charge is -2.47. The molecule has 2 aliphatic heterocycles. The summed E-state index contributed by atoms with van der Waals surface area (Å²) in [5, 5.41) is 96.4. The van der Waals surface area contributed by atoms with E-state index in [0.717, 1.165) is 0 Å². The summed E-state index contributed by atoms with van der Waals surface area (Å²) in [5.74, 6) is -1.29. The van der Waals surface area contributed by atoms with Gasteiger partial charge in [0.25, 0.3) is 0 Å². The molecular weight excluding hydrogens is 613 g/mol. The molecule has 0 spiro atoms. The Hall–Kier alpha value is -1.69. The average Bonchev–Trinajstić information content (AvgIpc) is 3.13. The van der Waals surface area contributed by atoms with Crippen LogP contribution in [0.15, 0.2) is 0 Å². The van der Waals surface area contributed by atoms with Crippen molar-refractivity contribution in [1.29, 1.82) is 10.8 Å². The second-order valence-electron chi connectivity index (χ2n) is 9.97. The molecule has 0 aromatic heterocycles. The van der Waals surface area contributed by atoms with Gasteiger partial charge in [0.15, 0.2) is 36.4 Å². The van der Waals surface area contributed by atoms with Crippen molar-refractivity contribution >= 4 is 43.0 Å². The number of nitrogens with one attached hydrogen (secondary N) is 5. The zero-order valence-electron chi connectivity index (χ0n) is 22.5. The smallest absolute Gasteiger partial charge is 0.188 e. The SMILES string of the molecule is CN[C@@H]1[C@H](O[C@H]2[C@H](O[C@H]3[C@H](O)[C@@H](O)[C@H](NC(=N)N)[C@@H](O)[C@@H]3NC(=N)N)O[C@@H](C)[C@]2(O)C=O)O[C@@H](CO)[C@H](O)[C@H]1O.Cl.Cl. The number of carbonyl (C=O) groups excluding carboxylic acids is 1. The topological polar surface area (TPSA) is 331 Å². The maximum atomic E-state index is 12.1. The van der Waals surface area contributed by atoms with Gasteiger partial charge in [0, 0.05) is 0 Å². The molecule has 21 heteroatoms. The van der Waals surface area contributed by atoms with Crippen molar-refractivity contribution in [3.05, 3.63) is 0 Å². The average molecular weight is 655 g/mol. The minimum atomic E-state index is -2.39. The van der Waals surface area contributed by atoms with E-state index in [1.807, 2.05) is 0 Å². The number of nitrogens with two attached hydrogens (primary N) is 2. The first-order valence-electron chi connectivity index (χ1n) is 12.4. The molecule has 0 radical (unpaired) electrons. The minimum Gasteiger partial charge on any atom is -0.394 e. The number of hydrogen-bond acceptors (Lipinski definition) is 15. The standard InChI is InChI=1S/C21H39N7O12.2ClH/c1-5-21(36,4-30)16(40-17-9(26-2)13(34)10(31)6(3-29)38-17)18(37-5)39-15-8(28-20(24)25)11(32)7(27-19(22)23)12(33)14(15)35;;/h4-18,26,29,31-36H,3H2,1-2H3,(H4,22,23,27)(H4,24,25,28);2*1H/t5-,6-,7+,8-,9-,10-,11+,12-,13-,14+,15+,16-,17-,18-,21+;;/m0../s1. The van der Waals surface area contributed by atoms with Crippen LogP contribution >= 0.6 is 24.8 Å². The summed E-state index contributed by atoms with van der Waals surface area (Å²) in [6.07, 6.45) is -17.3. The van der Waals surface area contributed by atoms with Gasteiger partial charge in [0.05, 0.1) is 36.9 Å². The molecule has 246 valence electrons. The summed E-state index contributed by atoms with van der Waals surface area (Å²) in [7, 11) is 1.41. The predicted octanol–water partition coefficient (Wildman–Crippen LogP) is -6.90. The molecule has 0 unspecified atom stereocenters. The first-order valence-corrected chi connectivity index (χ1v) is 12.4. The molecule has 2 saturated heterocycles. The monoisotopic (exact) mass is 653 g/mol. The molecule has 0 bridgehead atoms. The molecule has 1 saturated carbocycles. The zero-order valence-corrected chi connectivity index (χ0v) is 24.1. The molecule has 0 aromatic rings. The Labute approximate surface area is 252 Å². The number of rotatable bonds is 9. The van der Waals surface area contributed by atoms with E-state index in [-0.39, 0.29) is 31.1 Å². The van der Waals surface area contributed by atoms with Gasteiger partial charge in [-0.1, -0.05) is 0 Å². The summed E-state index contributed by atoms with van der Waals surface area (Å²) in [6, 6.07) is -3.95. The van der Waals surface area contributed by atoms with Gasteiger partial charge in [-0.2, -0.15) is 0 Å². The van der Waals surface area contributed by atoms with Gasteiger partial charge >= 0.3 is 0 Å². The molecule has 2 heterocycles. The van der Waals surface area contributed by atoms with Crippen LogP contribution in [0.3, 0.4) is 0 Å². The molecule has 3 aliphatic rings. The Kier molecular flexibility index (Phi) is 14.0. The summed E-state index contributed by atoms with van der Waals surface area (Å²) < 4.78 is 22.9. The second-order valence-corrected chi connectivity index (χ2v) is 9.97. The van der Waals surface area contributed by atoms with Crippen LogP contribution in [0.4, 0.5) is 0 Å². The summed E-state index contributed by atoms with van der Waals surface area (Å²) in [6.45, 7) is 0.613. The number of ether oxygens (including phenoxy) is 4. The first kappa shape index (κ1) is 38.3. The van der Waals surface area contributed by atoms with E-state index in [0.29, 0.717) is 0 Å². The van der Waals surface area contributed by atoms with Crippen molar-refractivity contribution in [2.24, 2.45) is 11.5 Å². The highest BCUT2D eigenvalue weighted by atomic mass is 35.5. The zero-order chi connectivity index (χ0) is 30.1. The van der Waals surface area contributed by atoms with E-state index in [2.05, 4.69) is 16.0 Å². The molecule has 3 fully saturated rings. The number of guanidine groups is 2. The highest BCUT2D eigenvalue weighted by molar-refractivity contribution is 5.85. The van der Waals surface area contributed by atoms with Gasteiger partial charge in [0.1, 0.15) is 42.7 Å². The summed E-state index contributed by atoms with van der Waals surface area (Å²) in [4.78, 5) is 12.1. The van der Waals surface area contributed by atoms with Gasteiger partial charge in [-0.25, -0.2) is 0 Å². The number of aliphatic hydroxyl groups excluding tert-OH is 6. The van der Waals surface area contributed by atoms with Gasteiger partial charge < -0.3 is 82.1 Å². The maximum absolute atomic E-state index is 12.1. The fraction of sp³-hybridized carbons (Fsp3) is 0.857. The van der Waals surface area contributed by atoms with Crippen LogP contribution in [0.2, 0.25) is 0 Å². The summed E-state index contributed by atoms with van der Waals surface area (Å²) >= 11 is 0. The lowest BCUT2D eigenvalue weighted by Crippen LogP contribution is -2.73. The molecule has 0 aromatic carbocycles. The molecule has 16 N–H and O–H groups in total. The van der Waals surface area contributed by atoms with Crippen LogP contribution in [0.5, 0.6) is 0 Å². The first-order chi connectivity index (χ1) is 18.7. The van der Waals surface area contributed by atoms with E-state index in [1.54, 1.807) is 0 Å². The van der Waals surface area contributed by atoms with Crippen molar-refractivity contribution in [2.75, 3.05) is 13.7 Å². The molecule has 3 rings (SSSR count). The third-order valence-corrected chi connectivity index (χ3v) is 7.46. The molecule has 15 atom stereocenters. The Morgan fingerprint density at radius 1 is 0.881 bits per heavy atom. The lowest BCUT2D eigenvalue weighted by atomic mass is 9.81. The van der Waals surface area contributed by atoms with Gasteiger partial charge in [-0.05, 0) is 14.0 Å². The molecule has 19 nitrogen and oxygen atoms in total. The van der Waals surface area contributed by atoms with E-state index in [1.165, 1.54) is 14.0 Å². The summed E-state index contributed by atoms with van der Waals surface area (Å²) in [5.41, 5.74) is 8.38. The fourth-order valence-electron chi connectivity index (χ4n) is 5.18. The van der Waals surface area contributed by atoms with Crippen molar-refractivity contribution in [2.45, 2.75) is 98.2 Å². The largest absolute Gasteiger partial charge is 0.394 e. The van der Waals surface area contributed by atoms with Crippen molar-refractivity contribution < 1.29 is 59.5 Å². The number of halogens is 2. The lowest BCUT2D eigenvalue weighted by molar-refractivity contribution is -0.314. The van der Waals surface area contributed by atoms with Gasteiger partial charge in [-0.15, -0.1) is 24.8 Å². The van der Waals surface area contributed by atoms with Crippen molar-refractivity contribution in [1.82, 2.24) is 16.0 Å². The highest BCUT2D eigenvalue weighted by Gasteiger charge is 2.60. The van der Waals surface area contributed by atoms with Crippen LogP contribution in [0.1, 0.15) is 6.92 Å². The second kappa shape index (κ2) is 15.3. The molecular formula is C21H41Cl2N7O12. The Morgan fingerprint density at radius 3 is 1.93 bits per heavy atom.